The fourth-order valence-electron chi connectivity index (χ4n) is 2.77. The summed E-state index contributed by atoms with van der Waals surface area (Å²) in [6, 6.07) is 0. The van der Waals surface area contributed by atoms with Gasteiger partial charge in [-0.25, -0.2) is 8.42 Å². The summed E-state index contributed by atoms with van der Waals surface area (Å²) in [6.07, 6.45) is 3.26. The molecule has 0 radical (unpaired) electrons. The summed E-state index contributed by atoms with van der Waals surface area (Å²) in [7, 11) is -4.46. The lowest BCUT2D eigenvalue weighted by atomic mass is 9.98. The number of sulfonamides is 1. The van der Waals surface area contributed by atoms with Crippen molar-refractivity contribution in [3.05, 3.63) is 0 Å². The average molecular weight is 354 g/mol. The summed E-state index contributed by atoms with van der Waals surface area (Å²) in [5.41, 5.74) is 5.78. The fourth-order valence-corrected chi connectivity index (χ4v) is 3.71. The molecule has 0 amide bonds. The number of piperidine rings is 1. The Balaban J connectivity index is 1.70. The first-order chi connectivity index (χ1) is 10.9. The molecule has 0 aromatic carbocycles. The van der Waals surface area contributed by atoms with Crippen LogP contribution in [-0.4, -0.2) is 63.3 Å². The maximum atomic E-state index is 12.5. The number of alkyl halides is 2. The maximum Gasteiger partial charge on any atom is 0.350 e. The molecule has 0 aromatic heterocycles. The summed E-state index contributed by atoms with van der Waals surface area (Å²) in [5.74, 6) is -2.86. The van der Waals surface area contributed by atoms with Gasteiger partial charge >= 0.3 is 5.76 Å². The smallest absolute Gasteiger partial charge is 0.350 e. The number of guanidine groups is 1. The predicted molar refractivity (Wildman–Crippen MR) is 82.7 cm³/mol. The van der Waals surface area contributed by atoms with E-state index in [1.165, 1.54) is 0 Å². The van der Waals surface area contributed by atoms with Crippen molar-refractivity contribution < 1.29 is 21.9 Å². The van der Waals surface area contributed by atoms with E-state index in [-0.39, 0.29) is 25.1 Å². The Morgan fingerprint density at radius 1 is 1.35 bits per heavy atom. The van der Waals surface area contributed by atoms with E-state index in [0.717, 1.165) is 23.8 Å². The zero-order valence-corrected chi connectivity index (χ0v) is 13.8. The van der Waals surface area contributed by atoms with E-state index in [9.17, 15) is 17.2 Å². The van der Waals surface area contributed by atoms with Gasteiger partial charge in [0.15, 0.2) is 5.96 Å². The molecule has 134 valence electrons. The van der Waals surface area contributed by atoms with Crippen molar-refractivity contribution >= 4 is 16.0 Å². The summed E-state index contributed by atoms with van der Waals surface area (Å²) in [5, 5.41) is 3.01. The molecule has 0 aromatic rings. The van der Waals surface area contributed by atoms with E-state index < -0.39 is 15.8 Å². The molecular formula is C13H24F2N4O3S. The van der Waals surface area contributed by atoms with E-state index in [1.807, 2.05) is 0 Å². The quantitative estimate of drug-likeness (QED) is 0.529. The zero-order valence-electron chi connectivity index (χ0n) is 13.0. The van der Waals surface area contributed by atoms with Crippen LogP contribution in [0.5, 0.6) is 0 Å². The molecule has 10 heteroatoms. The number of rotatable bonds is 6. The third-order valence-electron chi connectivity index (χ3n) is 4.21. The van der Waals surface area contributed by atoms with Crippen LogP contribution >= 0.6 is 0 Å². The Kier molecular flexibility index (Phi) is 6.54. The molecule has 2 saturated heterocycles. The number of nitrogens with zero attached hydrogens (tertiary/aromatic N) is 2. The molecular weight excluding hydrogens is 330 g/mol. The molecule has 2 aliphatic rings. The predicted octanol–water partition coefficient (Wildman–Crippen LogP) is 0.334. The first-order valence-electron chi connectivity index (χ1n) is 7.82. The SMILES string of the molecule is NC(=NCC1CCN(S(=O)(=O)C(F)F)CC1)NCC1CCCO1. The normalized spacial score (nSPS) is 25.2. The van der Waals surface area contributed by atoms with E-state index in [2.05, 4.69) is 10.3 Å². The third-order valence-corrected chi connectivity index (χ3v) is 5.75. The Hall–Kier alpha value is -1.00. The lowest BCUT2D eigenvalue weighted by Crippen LogP contribution is -2.42. The number of nitrogens with one attached hydrogen (secondary N) is 1. The molecule has 3 N–H and O–H groups in total. The van der Waals surface area contributed by atoms with Crippen LogP contribution in [0.25, 0.3) is 0 Å². The standard InChI is InChI=1S/C13H24F2N4O3S/c14-12(15)23(20,21)19-5-3-10(4-6-19)8-17-13(16)18-9-11-2-1-7-22-11/h10-12H,1-9H2,(H3,16,17,18). The minimum atomic E-state index is -4.46. The van der Waals surface area contributed by atoms with E-state index >= 15 is 0 Å². The van der Waals surface area contributed by atoms with Crippen LogP contribution in [0.1, 0.15) is 25.7 Å². The summed E-state index contributed by atoms with van der Waals surface area (Å²) in [6.45, 7) is 2.09. The molecule has 23 heavy (non-hydrogen) atoms. The second-order valence-electron chi connectivity index (χ2n) is 5.89. The van der Waals surface area contributed by atoms with Crippen molar-refractivity contribution in [2.24, 2.45) is 16.6 Å². The summed E-state index contributed by atoms with van der Waals surface area (Å²) < 4.78 is 54.0. The molecule has 0 aliphatic carbocycles. The Morgan fingerprint density at radius 2 is 2.04 bits per heavy atom. The van der Waals surface area contributed by atoms with Crippen molar-refractivity contribution in [3.8, 4) is 0 Å². The van der Waals surface area contributed by atoms with Crippen molar-refractivity contribution in [1.29, 1.82) is 0 Å². The highest BCUT2D eigenvalue weighted by atomic mass is 32.2. The number of ether oxygens (including phenoxy) is 1. The maximum absolute atomic E-state index is 12.5. The first-order valence-corrected chi connectivity index (χ1v) is 9.32. The van der Waals surface area contributed by atoms with Gasteiger partial charge in [0, 0.05) is 32.8 Å². The number of aliphatic imine (C=N–C) groups is 1. The van der Waals surface area contributed by atoms with Gasteiger partial charge in [-0.15, -0.1) is 0 Å². The van der Waals surface area contributed by atoms with Crippen molar-refractivity contribution in [2.75, 3.05) is 32.8 Å². The van der Waals surface area contributed by atoms with Crippen molar-refractivity contribution in [1.82, 2.24) is 9.62 Å². The van der Waals surface area contributed by atoms with Crippen LogP contribution < -0.4 is 11.1 Å². The summed E-state index contributed by atoms with van der Waals surface area (Å²) in [4.78, 5) is 4.24. The van der Waals surface area contributed by atoms with Gasteiger partial charge < -0.3 is 15.8 Å². The monoisotopic (exact) mass is 354 g/mol. The fraction of sp³-hybridized carbons (Fsp3) is 0.923. The molecule has 1 unspecified atom stereocenters. The molecule has 2 fully saturated rings. The average Bonchev–Trinajstić information content (AvgIpc) is 3.04. The van der Waals surface area contributed by atoms with E-state index in [1.54, 1.807) is 0 Å². The Bertz CT molecular complexity index is 501. The van der Waals surface area contributed by atoms with Crippen LogP contribution in [0.2, 0.25) is 0 Å². The molecule has 0 spiro atoms. The molecule has 1 atom stereocenters. The lowest BCUT2D eigenvalue weighted by Gasteiger charge is -2.30. The van der Waals surface area contributed by atoms with Gasteiger partial charge in [-0.2, -0.15) is 13.1 Å². The first kappa shape index (κ1) is 18.3. The molecule has 2 rings (SSSR count). The minimum Gasteiger partial charge on any atom is -0.376 e. The van der Waals surface area contributed by atoms with Gasteiger partial charge in [0.1, 0.15) is 0 Å². The molecule has 0 saturated carbocycles. The second kappa shape index (κ2) is 8.20. The van der Waals surface area contributed by atoms with Crippen LogP contribution in [0.3, 0.4) is 0 Å². The van der Waals surface area contributed by atoms with Gasteiger partial charge in [-0.1, -0.05) is 0 Å². The number of nitrogens with two attached hydrogens (primary N) is 1. The number of hydrogen-bond acceptors (Lipinski definition) is 4. The van der Waals surface area contributed by atoms with E-state index in [4.69, 9.17) is 10.5 Å². The van der Waals surface area contributed by atoms with E-state index in [0.29, 0.717) is 31.9 Å². The Labute approximate surface area is 135 Å². The van der Waals surface area contributed by atoms with Gasteiger partial charge in [0.05, 0.1) is 6.10 Å². The third kappa shape index (κ3) is 5.25. The zero-order chi connectivity index (χ0) is 16.9. The Morgan fingerprint density at radius 3 is 2.61 bits per heavy atom. The largest absolute Gasteiger partial charge is 0.376 e. The van der Waals surface area contributed by atoms with Crippen molar-refractivity contribution in [2.45, 2.75) is 37.5 Å². The summed E-state index contributed by atoms with van der Waals surface area (Å²) >= 11 is 0. The molecule has 2 heterocycles. The topological polar surface area (TPSA) is 97.0 Å². The minimum absolute atomic E-state index is 0.107. The number of halogens is 2. The molecule has 2 aliphatic heterocycles. The second-order valence-corrected chi connectivity index (χ2v) is 7.79. The van der Waals surface area contributed by atoms with Gasteiger partial charge in [0.2, 0.25) is 0 Å². The van der Waals surface area contributed by atoms with Crippen LogP contribution in [0.15, 0.2) is 4.99 Å². The van der Waals surface area contributed by atoms with Crippen LogP contribution in [0, 0.1) is 5.92 Å². The van der Waals surface area contributed by atoms with Gasteiger partial charge in [-0.3, -0.25) is 4.99 Å². The van der Waals surface area contributed by atoms with Gasteiger partial charge in [-0.05, 0) is 31.6 Å². The molecule has 0 bridgehead atoms. The molecule has 7 nitrogen and oxygen atoms in total. The number of hydrogen-bond donors (Lipinski definition) is 2. The lowest BCUT2D eigenvalue weighted by molar-refractivity contribution is 0.114. The van der Waals surface area contributed by atoms with Gasteiger partial charge in [0.25, 0.3) is 10.0 Å². The van der Waals surface area contributed by atoms with Crippen LogP contribution in [0.4, 0.5) is 8.78 Å². The highest BCUT2D eigenvalue weighted by molar-refractivity contribution is 7.89. The highest BCUT2D eigenvalue weighted by Gasteiger charge is 2.34. The highest BCUT2D eigenvalue weighted by Crippen LogP contribution is 2.22. The van der Waals surface area contributed by atoms with Crippen molar-refractivity contribution in [3.63, 3.8) is 0 Å². The van der Waals surface area contributed by atoms with Crippen LogP contribution in [-0.2, 0) is 14.8 Å².